The quantitative estimate of drug-likeness (QED) is 0.160. The van der Waals surface area contributed by atoms with E-state index >= 15 is 0 Å². The highest BCUT2D eigenvalue weighted by atomic mass is 16.5. The number of hydrogen-bond donors (Lipinski definition) is 3. The summed E-state index contributed by atoms with van der Waals surface area (Å²) in [4.78, 5) is 54.2. The van der Waals surface area contributed by atoms with Crippen molar-refractivity contribution in [2.45, 2.75) is 44.2 Å². The van der Waals surface area contributed by atoms with Gasteiger partial charge in [-0.2, -0.15) is 0 Å². The lowest BCUT2D eigenvalue weighted by Crippen LogP contribution is -2.45. The molecule has 9 heteroatoms. The Kier molecular flexibility index (Phi) is 13.0. The van der Waals surface area contributed by atoms with E-state index in [4.69, 9.17) is 4.74 Å². The zero-order chi connectivity index (χ0) is 30.3. The van der Waals surface area contributed by atoms with E-state index in [9.17, 15) is 24.3 Å². The number of ether oxygens (including phenoxy) is 1. The predicted octanol–water partition coefficient (Wildman–Crippen LogP) is 3.63. The molecular weight excluding hydrogens is 534 g/mol. The van der Waals surface area contributed by atoms with Crippen LogP contribution in [0.4, 0.5) is 0 Å². The standard InChI is InChI=1S/C33H41N3O6/c1-3-13-26(21-30(38)36-19-11-12-20-36)33(41)42-23-29(25-17-9-6-10-18-25)35-32(40)27(14-4-2)31(39)34-28(22-37)24-15-7-5-8-16-24/h3-10,15-18,26-29,37H,1-2,11-14,19-23H2,(H,34,39)(H,35,40)/t26-,27?,28+,29-/m1/s1. The molecule has 2 aromatic rings. The molecule has 0 spiro atoms. The summed E-state index contributed by atoms with van der Waals surface area (Å²) in [5.74, 6) is -3.59. The molecule has 0 radical (unpaired) electrons. The van der Waals surface area contributed by atoms with Gasteiger partial charge < -0.3 is 25.4 Å². The van der Waals surface area contributed by atoms with Gasteiger partial charge in [-0.05, 0) is 36.8 Å². The molecule has 3 rings (SSSR count). The van der Waals surface area contributed by atoms with Crippen molar-refractivity contribution in [2.24, 2.45) is 11.8 Å². The van der Waals surface area contributed by atoms with Crippen LogP contribution in [0.5, 0.6) is 0 Å². The van der Waals surface area contributed by atoms with Crippen LogP contribution in [0.15, 0.2) is 86.0 Å². The molecule has 1 fully saturated rings. The molecule has 42 heavy (non-hydrogen) atoms. The molecule has 2 aromatic carbocycles. The molecule has 0 bridgehead atoms. The molecule has 3 N–H and O–H groups in total. The second-order valence-electron chi connectivity index (χ2n) is 10.3. The van der Waals surface area contributed by atoms with Crippen LogP contribution < -0.4 is 10.6 Å². The lowest BCUT2D eigenvalue weighted by Gasteiger charge is -2.25. The maximum Gasteiger partial charge on any atom is 0.309 e. The molecule has 9 nitrogen and oxygen atoms in total. The average Bonchev–Trinajstić information content (AvgIpc) is 3.56. The number of aliphatic hydroxyl groups excluding tert-OH is 1. The number of carbonyl (C=O) groups excluding carboxylic acids is 4. The van der Waals surface area contributed by atoms with Crippen molar-refractivity contribution in [3.63, 3.8) is 0 Å². The monoisotopic (exact) mass is 575 g/mol. The van der Waals surface area contributed by atoms with Crippen molar-refractivity contribution >= 4 is 23.7 Å². The van der Waals surface area contributed by atoms with E-state index in [2.05, 4.69) is 23.8 Å². The van der Waals surface area contributed by atoms with Crippen LogP contribution in [0.3, 0.4) is 0 Å². The first-order chi connectivity index (χ1) is 20.4. The minimum Gasteiger partial charge on any atom is -0.463 e. The Balaban J connectivity index is 1.70. The Morgan fingerprint density at radius 3 is 1.88 bits per heavy atom. The number of hydrogen-bond acceptors (Lipinski definition) is 6. The molecule has 1 unspecified atom stereocenters. The number of benzene rings is 2. The highest BCUT2D eigenvalue weighted by Crippen LogP contribution is 2.21. The maximum absolute atomic E-state index is 13.5. The molecule has 1 heterocycles. The number of carbonyl (C=O) groups is 4. The van der Waals surface area contributed by atoms with Gasteiger partial charge in [-0.3, -0.25) is 19.2 Å². The molecule has 1 aliphatic rings. The van der Waals surface area contributed by atoms with Crippen molar-refractivity contribution in [3.05, 3.63) is 97.1 Å². The van der Waals surface area contributed by atoms with E-state index in [-0.39, 0.29) is 38.4 Å². The van der Waals surface area contributed by atoms with Crippen LogP contribution in [-0.4, -0.2) is 60.0 Å². The third kappa shape index (κ3) is 9.41. The van der Waals surface area contributed by atoms with E-state index in [1.165, 1.54) is 6.08 Å². The third-order valence-corrected chi connectivity index (χ3v) is 7.31. The largest absolute Gasteiger partial charge is 0.463 e. The number of nitrogens with one attached hydrogen (secondary N) is 2. The number of esters is 1. The minimum absolute atomic E-state index is 0.0300. The van der Waals surface area contributed by atoms with Gasteiger partial charge >= 0.3 is 5.97 Å². The van der Waals surface area contributed by atoms with Gasteiger partial charge in [-0.1, -0.05) is 72.8 Å². The number of nitrogens with zero attached hydrogens (tertiary/aromatic N) is 1. The number of rotatable bonds is 16. The van der Waals surface area contributed by atoms with Crippen LogP contribution in [0.1, 0.15) is 55.3 Å². The van der Waals surface area contributed by atoms with E-state index in [0.29, 0.717) is 24.2 Å². The van der Waals surface area contributed by atoms with E-state index in [0.717, 1.165) is 12.8 Å². The summed E-state index contributed by atoms with van der Waals surface area (Å²) in [6, 6.07) is 16.5. The van der Waals surface area contributed by atoms with E-state index < -0.39 is 41.7 Å². The van der Waals surface area contributed by atoms with Crippen molar-refractivity contribution in [2.75, 3.05) is 26.3 Å². The average molecular weight is 576 g/mol. The summed E-state index contributed by atoms with van der Waals surface area (Å²) in [7, 11) is 0. The molecule has 1 aliphatic heterocycles. The van der Waals surface area contributed by atoms with Crippen LogP contribution in [-0.2, 0) is 23.9 Å². The third-order valence-electron chi connectivity index (χ3n) is 7.31. The van der Waals surface area contributed by atoms with Gasteiger partial charge in [0.25, 0.3) is 0 Å². The van der Waals surface area contributed by atoms with Crippen LogP contribution >= 0.6 is 0 Å². The summed E-state index contributed by atoms with van der Waals surface area (Å²) >= 11 is 0. The Morgan fingerprint density at radius 1 is 0.833 bits per heavy atom. The molecule has 224 valence electrons. The van der Waals surface area contributed by atoms with Crippen LogP contribution in [0, 0.1) is 11.8 Å². The first kappa shape index (κ1) is 32.3. The normalized spacial score (nSPS) is 15.5. The lowest BCUT2D eigenvalue weighted by atomic mass is 9.99. The molecular formula is C33H41N3O6. The SMILES string of the molecule is C=CCC(C(=O)N[C@@H](CO)c1ccccc1)C(=O)N[C@H](COC(=O)[C@H](CC=C)CC(=O)N1CCCC1)c1ccccc1. The van der Waals surface area contributed by atoms with Crippen molar-refractivity contribution in [1.29, 1.82) is 0 Å². The second kappa shape index (κ2) is 16.9. The Bertz CT molecular complexity index is 1200. The first-order valence-corrected chi connectivity index (χ1v) is 14.4. The minimum atomic E-state index is -1.13. The smallest absolute Gasteiger partial charge is 0.309 e. The first-order valence-electron chi connectivity index (χ1n) is 14.4. The molecule has 0 saturated carbocycles. The summed E-state index contributed by atoms with van der Waals surface area (Å²) in [6.07, 6.45) is 5.36. The maximum atomic E-state index is 13.5. The van der Waals surface area contributed by atoms with Gasteiger partial charge in [0.2, 0.25) is 17.7 Å². The molecule has 3 amide bonds. The Hall–Kier alpha value is -4.24. The topological polar surface area (TPSA) is 125 Å². The summed E-state index contributed by atoms with van der Waals surface area (Å²) in [5, 5.41) is 15.5. The number of amides is 3. The van der Waals surface area contributed by atoms with Gasteiger partial charge in [0.15, 0.2) is 0 Å². The van der Waals surface area contributed by atoms with Crippen molar-refractivity contribution in [3.8, 4) is 0 Å². The fourth-order valence-corrected chi connectivity index (χ4v) is 4.92. The van der Waals surface area contributed by atoms with Gasteiger partial charge in [0.1, 0.15) is 12.5 Å². The fourth-order valence-electron chi connectivity index (χ4n) is 4.92. The van der Waals surface area contributed by atoms with Crippen LogP contribution in [0.2, 0.25) is 0 Å². The lowest BCUT2D eigenvalue weighted by molar-refractivity contribution is -0.152. The van der Waals surface area contributed by atoms with E-state index in [1.807, 2.05) is 12.1 Å². The highest BCUT2D eigenvalue weighted by Gasteiger charge is 2.31. The summed E-state index contributed by atoms with van der Waals surface area (Å²) in [6.45, 7) is 8.27. The van der Waals surface area contributed by atoms with Crippen molar-refractivity contribution in [1.82, 2.24) is 15.5 Å². The molecule has 0 aliphatic carbocycles. The number of likely N-dealkylation sites (tertiary alicyclic amines) is 1. The number of allylic oxidation sites excluding steroid dienone is 2. The zero-order valence-corrected chi connectivity index (χ0v) is 24.0. The van der Waals surface area contributed by atoms with Crippen molar-refractivity contribution < 1.29 is 29.0 Å². The predicted molar refractivity (Wildman–Crippen MR) is 160 cm³/mol. The zero-order valence-electron chi connectivity index (χ0n) is 24.0. The second-order valence-corrected chi connectivity index (χ2v) is 10.3. The molecule has 1 saturated heterocycles. The van der Waals surface area contributed by atoms with Gasteiger partial charge in [-0.25, -0.2) is 0 Å². The summed E-state index contributed by atoms with van der Waals surface area (Å²) in [5.41, 5.74) is 1.39. The summed E-state index contributed by atoms with van der Waals surface area (Å²) < 4.78 is 5.65. The fraction of sp³-hybridized carbons (Fsp3) is 0.394. The highest BCUT2D eigenvalue weighted by molar-refractivity contribution is 6.00. The van der Waals surface area contributed by atoms with Gasteiger partial charge in [-0.15, -0.1) is 13.2 Å². The van der Waals surface area contributed by atoms with Crippen LogP contribution in [0.25, 0.3) is 0 Å². The Labute approximate surface area is 247 Å². The van der Waals surface area contributed by atoms with E-state index in [1.54, 1.807) is 59.5 Å². The van der Waals surface area contributed by atoms with Gasteiger partial charge in [0, 0.05) is 19.5 Å². The molecule has 4 atom stereocenters. The van der Waals surface area contributed by atoms with Gasteiger partial charge in [0.05, 0.1) is 24.6 Å². The number of aliphatic hydroxyl groups is 1. The Morgan fingerprint density at radius 2 is 1.36 bits per heavy atom. The molecule has 0 aromatic heterocycles.